The van der Waals surface area contributed by atoms with E-state index in [4.69, 9.17) is 5.26 Å². The predicted molar refractivity (Wildman–Crippen MR) is 50.2 cm³/mol. The van der Waals surface area contributed by atoms with Crippen molar-refractivity contribution in [1.82, 2.24) is 19.5 Å². The third-order valence-corrected chi connectivity index (χ3v) is 2.00. The smallest absolute Gasteiger partial charge is 0.177 e. The van der Waals surface area contributed by atoms with E-state index in [0.29, 0.717) is 23.9 Å². The maximum Gasteiger partial charge on any atom is 0.177 e. The molecule has 5 nitrogen and oxygen atoms in total. The minimum Gasteiger partial charge on any atom is -0.342 e. The molecule has 0 aliphatic heterocycles. The Morgan fingerprint density at radius 2 is 2.43 bits per heavy atom. The monoisotopic (exact) mass is 187 g/mol. The highest BCUT2D eigenvalue weighted by Crippen LogP contribution is 2.14. The first-order valence-corrected chi connectivity index (χ1v) is 4.32. The summed E-state index contributed by atoms with van der Waals surface area (Å²) in [6.45, 7) is 2.67. The molecule has 1 N–H and O–H groups in total. The molecule has 0 saturated heterocycles. The van der Waals surface area contributed by atoms with Gasteiger partial charge in [-0.1, -0.05) is 0 Å². The number of H-pyrrole nitrogens is 1. The molecule has 14 heavy (non-hydrogen) atoms. The molecule has 0 bridgehead atoms. The Kier molecular flexibility index (Phi) is 2.03. The number of nitrogens with one attached hydrogen (secondary N) is 1. The van der Waals surface area contributed by atoms with Gasteiger partial charge in [0.25, 0.3) is 0 Å². The van der Waals surface area contributed by atoms with Crippen molar-refractivity contribution in [2.24, 2.45) is 0 Å². The lowest BCUT2D eigenvalue weighted by atomic mass is 10.5. The number of hydrogen-bond acceptors (Lipinski definition) is 3. The lowest BCUT2D eigenvalue weighted by Gasteiger charge is -2.02. The topological polar surface area (TPSA) is 70.3 Å². The summed E-state index contributed by atoms with van der Waals surface area (Å²) in [7, 11) is 0. The molecule has 2 heterocycles. The van der Waals surface area contributed by atoms with Crippen LogP contribution < -0.4 is 0 Å². The Bertz CT molecular complexity index is 460. The molecule has 70 valence electrons. The zero-order valence-electron chi connectivity index (χ0n) is 7.73. The average Bonchev–Trinajstić information content (AvgIpc) is 2.85. The minimum absolute atomic E-state index is 0.555. The van der Waals surface area contributed by atoms with Crippen molar-refractivity contribution in [1.29, 1.82) is 5.26 Å². The second-order valence-corrected chi connectivity index (χ2v) is 2.76. The summed E-state index contributed by atoms with van der Waals surface area (Å²) >= 11 is 0. The van der Waals surface area contributed by atoms with Crippen molar-refractivity contribution in [3.05, 3.63) is 24.3 Å². The molecule has 0 aromatic carbocycles. The number of imidazole rings is 2. The van der Waals surface area contributed by atoms with Crippen LogP contribution in [-0.4, -0.2) is 19.5 Å². The van der Waals surface area contributed by atoms with E-state index in [1.54, 1.807) is 18.6 Å². The van der Waals surface area contributed by atoms with Crippen LogP contribution in [0.25, 0.3) is 11.6 Å². The number of aromatic amines is 1. The Balaban J connectivity index is 2.55. The van der Waals surface area contributed by atoms with E-state index in [-0.39, 0.29) is 0 Å². The molecule has 0 aliphatic carbocycles. The van der Waals surface area contributed by atoms with Crippen LogP contribution in [0.4, 0.5) is 0 Å². The highest BCUT2D eigenvalue weighted by molar-refractivity contribution is 5.46. The molecule has 2 aromatic rings. The van der Waals surface area contributed by atoms with E-state index in [1.807, 2.05) is 11.5 Å². The summed E-state index contributed by atoms with van der Waals surface area (Å²) in [6, 6.07) is 2.09. The molecule has 0 unspecified atom stereocenters. The fourth-order valence-corrected chi connectivity index (χ4v) is 1.36. The minimum atomic E-state index is 0.555. The molecule has 2 aromatic heterocycles. The Labute approximate surface area is 81.0 Å². The standard InChI is InChI=1S/C9H9N5/c1-2-14-7(5-10)6-13-9(14)8-11-3-4-12-8/h3-4,6H,2H2,1H3,(H,11,12). The van der Waals surface area contributed by atoms with Gasteiger partial charge in [0.1, 0.15) is 11.8 Å². The van der Waals surface area contributed by atoms with Crippen molar-refractivity contribution < 1.29 is 0 Å². The van der Waals surface area contributed by atoms with Crippen LogP contribution in [0.3, 0.4) is 0 Å². The maximum absolute atomic E-state index is 8.82. The molecule has 0 amide bonds. The van der Waals surface area contributed by atoms with Crippen LogP contribution in [0, 0.1) is 11.3 Å². The fraction of sp³-hybridized carbons (Fsp3) is 0.222. The summed E-state index contributed by atoms with van der Waals surface area (Å²) in [5.41, 5.74) is 0.555. The first kappa shape index (κ1) is 8.51. The molecular formula is C9H9N5. The number of nitriles is 1. The summed E-state index contributed by atoms with van der Waals surface area (Å²) in [6.07, 6.45) is 4.95. The van der Waals surface area contributed by atoms with Crippen LogP contribution in [0.2, 0.25) is 0 Å². The van der Waals surface area contributed by atoms with Crippen molar-refractivity contribution in [2.45, 2.75) is 13.5 Å². The second kappa shape index (κ2) is 3.34. The Morgan fingerprint density at radius 3 is 3.00 bits per heavy atom. The normalized spacial score (nSPS) is 10.0. The van der Waals surface area contributed by atoms with Gasteiger partial charge in [0.05, 0.1) is 6.20 Å². The molecule has 0 aliphatic rings. The van der Waals surface area contributed by atoms with E-state index in [0.717, 1.165) is 0 Å². The van der Waals surface area contributed by atoms with Gasteiger partial charge in [0, 0.05) is 18.9 Å². The number of aromatic nitrogens is 4. The van der Waals surface area contributed by atoms with Crippen LogP contribution in [0.15, 0.2) is 18.6 Å². The van der Waals surface area contributed by atoms with Crippen molar-refractivity contribution >= 4 is 0 Å². The molecule has 2 rings (SSSR count). The van der Waals surface area contributed by atoms with Crippen LogP contribution in [0.1, 0.15) is 12.6 Å². The maximum atomic E-state index is 8.82. The molecular weight excluding hydrogens is 178 g/mol. The van der Waals surface area contributed by atoms with Crippen molar-refractivity contribution in [3.63, 3.8) is 0 Å². The SMILES string of the molecule is CCn1c(C#N)cnc1-c1ncc[nH]1. The van der Waals surface area contributed by atoms with E-state index in [9.17, 15) is 0 Å². The van der Waals surface area contributed by atoms with Gasteiger partial charge in [-0.2, -0.15) is 5.26 Å². The Hall–Kier alpha value is -2.09. The third-order valence-electron chi connectivity index (χ3n) is 2.00. The number of nitrogens with zero attached hydrogens (tertiary/aromatic N) is 4. The molecule has 0 atom stereocenters. The van der Waals surface area contributed by atoms with Gasteiger partial charge in [-0.15, -0.1) is 0 Å². The summed E-state index contributed by atoms with van der Waals surface area (Å²) in [5, 5.41) is 8.82. The number of hydrogen-bond donors (Lipinski definition) is 1. The largest absolute Gasteiger partial charge is 0.342 e. The van der Waals surface area contributed by atoms with E-state index in [2.05, 4.69) is 21.0 Å². The van der Waals surface area contributed by atoms with Gasteiger partial charge in [-0.05, 0) is 6.92 Å². The first-order valence-electron chi connectivity index (χ1n) is 4.32. The van der Waals surface area contributed by atoms with Crippen molar-refractivity contribution in [3.8, 4) is 17.7 Å². The molecule has 5 heteroatoms. The van der Waals surface area contributed by atoms with Crippen LogP contribution in [0.5, 0.6) is 0 Å². The quantitative estimate of drug-likeness (QED) is 0.767. The predicted octanol–water partition coefficient (Wildman–Crippen LogP) is 1.16. The zero-order valence-corrected chi connectivity index (χ0v) is 7.73. The summed E-state index contributed by atoms with van der Waals surface area (Å²) in [4.78, 5) is 11.2. The number of rotatable bonds is 2. The van der Waals surface area contributed by atoms with Gasteiger partial charge in [0.15, 0.2) is 11.6 Å². The van der Waals surface area contributed by atoms with Gasteiger partial charge in [-0.25, -0.2) is 9.97 Å². The molecule has 0 saturated carbocycles. The lowest BCUT2D eigenvalue weighted by molar-refractivity contribution is 0.755. The first-order chi connectivity index (χ1) is 6.86. The van der Waals surface area contributed by atoms with Gasteiger partial charge in [0.2, 0.25) is 0 Å². The molecule has 0 spiro atoms. The van der Waals surface area contributed by atoms with Crippen LogP contribution >= 0.6 is 0 Å². The summed E-state index contributed by atoms with van der Waals surface area (Å²) in [5.74, 6) is 1.39. The zero-order chi connectivity index (χ0) is 9.97. The molecule has 0 fully saturated rings. The summed E-state index contributed by atoms with van der Waals surface area (Å²) < 4.78 is 1.82. The van der Waals surface area contributed by atoms with Gasteiger partial charge < -0.3 is 9.55 Å². The second-order valence-electron chi connectivity index (χ2n) is 2.76. The highest BCUT2D eigenvalue weighted by atomic mass is 15.1. The highest BCUT2D eigenvalue weighted by Gasteiger charge is 2.11. The van der Waals surface area contributed by atoms with Crippen molar-refractivity contribution in [2.75, 3.05) is 0 Å². The van der Waals surface area contributed by atoms with Crippen LogP contribution in [-0.2, 0) is 6.54 Å². The average molecular weight is 187 g/mol. The third kappa shape index (κ3) is 1.17. The lowest BCUT2D eigenvalue weighted by Crippen LogP contribution is -2.01. The van der Waals surface area contributed by atoms with E-state index in [1.165, 1.54) is 0 Å². The van der Waals surface area contributed by atoms with E-state index >= 15 is 0 Å². The van der Waals surface area contributed by atoms with Gasteiger partial charge >= 0.3 is 0 Å². The molecule has 0 radical (unpaired) electrons. The Morgan fingerprint density at radius 1 is 1.57 bits per heavy atom. The fourth-order valence-electron chi connectivity index (χ4n) is 1.36. The van der Waals surface area contributed by atoms with E-state index < -0.39 is 0 Å². The van der Waals surface area contributed by atoms with Gasteiger partial charge in [-0.3, -0.25) is 0 Å².